The smallest absolute Gasteiger partial charge is 0.112 e. The SMILES string of the molecule is C=CCNPON1CC1. The molecule has 52 valence electrons. The fourth-order valence-electron chi connectivity index (χ4n) is 0.343. The summed E-state index contributed by atoms with van der Waals surface area (Å²) in [6.07, 6.45) is 1.82. The lowest BCUT2D eigenvalue weighted by Crippen LogP contribution is -2.02. The van der Waals surface area contributed by atoms with Gasteiger partial charge in [-0.2, -0.15) is 5.06 Å². The average molecular weight is 146 g/mol. The molecule has 1 atom stereocenters. The summed E-state index contributed by atoms with van der Waals surface area (Å²) in [6.45, 7) is 6.56. The molecular formula is C5H11N2OP. The number of hydrogen-bond acceptors (Lipinski definition) is 3. The van der Waals surface area contributed by atoms with Crippen molar-refractivity contribution in [1.29, 1.82) is 0 Å². The van der Waals surface area contributed by atoms with Crippen LogP contribution in [-0.2, 0) is 4.62 Å². The van der Waals surface area contributed by atoms with Gasteiger partial charge in [0.2, 0.25) is 0 Å². The van der Waals surface area contributed by atoms with Crippen LogP contribution in [0.25, 0.3) is 0 Å². The Morgan fingerprint density at radius 2 is 2.56 bits per heavy atom. The Kier molecular flexibility index (Phi) is 3.15. The summed E-state index contributed by atoms with van der Waals surface area (Å²) in [5, 5.41) is 4.96. The molecular weight excluding hydrogens is 135 g/mol. The first-order valence-electron chi connectivity index (χ1n) is 2.94. The van der Waals surface area contributed by atoms with E-state index in [2.05, 4.69) is 11.7 Å². The lowest BCUT2D eigenvalue weighted by Gasteiger charge is -2.00. The largest absolute Gasteiger partial charge is 0.271 e. The molecule has 0 saturated carbocycles. The van der Waals surface area contributed by atoms with E-state index < -0.39 is 0 Å². The van der Waals surface area contributed by atoms with Crippen LogP contribution in [0.5, 0.6) is 0 Å². The third kappa shape index (κ3) is 3.60. The maximum absolute atomic E-state index is 5.16. The minimum absolute atomic E-state index is 0.387. The second-order valence-corrected chi connectivity index (χ2v) is 2.53. The molecule has 1 aliphatic heterocycles. The monoisotopic (exact) mass is 146 g/mol. The van der Waals surface area contributed by atoms with Crippen molar-refractivity contribution in [1.82, 2.24) is 10.2 Å². The Balaban J connectivity index is 1.75. The van der Waals surface area contributed by atoms with Crippen molar-refractivity contribution < 1.29 is 4.62 Å². The number of nitrogens with one attached hydrogen (secondary N) is 1. The van der Waals surface area contributed by atoms with Gasteiger partial charge in [-0.25, -0.2) is 0 Å². The van der Waals surface area contributed by atoms with Crippen molar-refractivity contribution in [2.75, 3.05) is 19.6 Å². The molecule has 0 aromatic carbocycles. The van der Waals surface area contributed by atoms with Crippen LogP contribution >= 0.6 is 8.96 Å². The van der Waals surface area contributed by atoms with Gasteiger partial charge < -0.3 is 0 Å². The summed E-state index contributed by atoms with van der Waals surface area (Å²) in [5.74, 6) is 0. The topological polar surface area (TPSA) is 24.3 Å². The van der Waals surface area contributed by atoms with Gasteiger partial charge in [-0.15, -0.1) is 6.58 Å². The van der Waals surface area contributed by atoms with Gasteiger partial charge >= 0.3 is 0 Å². The van der Waals surface area contributed by atoms with E-state index in [0.717, 1.165) is 19.6 Å². The van der Waals surface area contributed by atoms with Crippen molar-refractivity contribution >= 4 is 8.96 Å². The quantitative estimate of drug-likeness (QED) is 0.265. The summed E-state index contributed by atoms with van der Waals surface area (Å²) in [5.41, 5.74) is 0. The molecule has 1 saturated heterocycles. The van der Waals surface area contributed by atoms with Crippen molar-refractivity contribution in [3.05, 3.63) is 12.7 Å². The van der Waals surface area contributed by atoms with E-state index >= 15 is 0 Å². The number of nitrogens with zero attached hydrogens (tertiary/aromatic N) is 1. The first-order chi connectivity index (χ1) is 4.43. The lowest BCUT2D eigenvalue weighted by molar-refractivity contribution is 0.0923. The highest BCUT2D eigenvalue weighted by molar-refractivity contribution is 7.29. The lowest BCUT2D eigenvalue weighted by atomic mass is 10.7. The van der Waals surface area contributed by atoms with Crippen LogP contribution < -0.4 is 5.09 Å². The molecule has 0 aromatic rings. The zero-order valence-electron chi connectivity index (χ0n) is 5.26. The van der Waals surface area contributed by atoms with Crippen molar-refractivity contribution in [2.24, 2.45) is 0 Å². The minimum Gasteiger partial charge on any atom is -0.271 e. The third-order valence-electron chi connectivity index (χ3n) is 0.899. The molecule has 3 nitrogen and oxygen atoms in total. The predicted molar refractivity (Wildman–Crippen MR) is 39.2 cm³/mol. The standard InChI is InChI=1S/C5H11N2OP/c1-2-3-6-9-8-7-4-5-7/h2,6,9H,1,3-5H2. The normalized spacial score (nSPS) is 19.1. The molecule has 1 unspecified atom stereocenters. The zero-order chi connectivity index (χ0) is 6.53. The highest BCUT2D eigenvalue weighted by atomic mass is 31.1. The molecule has 0 radical (unpaired) electrons. The third-order valence-corrected chi connectivity index (χ3v) is 1.60. The minimum atomic E-state index is 0.387. The van der Waals surface area contributed by atoms with E-state index in [1.165, 1.54) is 0 Å². The maximum Gasteiger partial charge on any atom is 0.112 e. The highest BCUT2D eigenvalue weighted by Crippen LogP contribution is 2.15. The van der Waals surface area contributed by atoms with Gasteiger partial charge in [0.05, 0.1) is 0 Å². The Bertz CT molecular complexity index is 95.0. The van der Waals surface area contributed by atoms with Crippen LogP contribution in [0.2, 0.25) is 0 Å². The average Bonchev–Trinajstić information content (AvgIpc) is 2.63. The summed E-state index contributed by atoms with van der Waals surface area (Å²) in [7, 11) is 0.387. The van der Waals surface area contributed by atoms with Crippen molar-refractivity contribution in [3.63, 3.8) is 0 Å². The van der Waals surface area contributed by atoms with Crippen LogP contribution in [0.1, 0.15) is 0 Å². The van der Waals surface area contributed by atoms with Gasteiger partial charge in [0.15, 0.2) is 0 Å². The van der Waals surface area contributed by atoms with Crippen LogP contribution in [0, 0.1) is 0 Å². The van der Waals surface area contributed by atoms with Gasteiger partial charge in [0.25, 0.3) is 0 Å². The van der Waals surface area contributed by atoms with Gasteiger partial charge in [-0.3, -0.25) is 9.71 Å². The van der Waals surface area contributed by atoms with E-state index in [-0.39, 0.29) is 0 Å². The summed E-state index contributed by atoms with van der Waals surface area (Å²) in [6, 6.07) is 0. The molecule has 4 heteroatoms. The summed E-state index contributed by atoms with van der Waals surface area (Å²) < 4.78 is 5.16. The molecule has 1 heterocycles. The highest BCUT2D eigenvalue weighted by Gasteiger charge is 2.17. The van der Waals surface area contributed by atoms with E-state index in [1.54, 1.807) is 0 Å². The van der Waals surface area contributed by atoms with Gasteiger partial charge in [-0.1, -0.05) is 6.08 Å². The molecule has 1 N–H and O–H groups in total. The molecule has 0 aromatic heterocycles. The van der Waals surface area contributed by atoms with E-state index in [0.29, 0.717) is 8.96 Å². The summed E-state index contributed by atoms with van der Waals surface area (Å²) >= 11 is 0. The summed E-state index contributed by atoms with van der Waals surface area (Å²) in [4.78, 5) is 0. The maximum atomic E-state index is 5.16. The molecule has 0 bridgehead atoms. The molecule has 1 fully saturated rings. The van der Waals surface area contributed by atoms with Gasteiger partial charge in [0, 0.05) is 19.6 Å². The van der Waals surface area contributed by atoms with Crippen molar-refractivity contribution in [3.8, 4) is 0 Å². The molecule has 9 heavy (non-hydrogen) atoms. The number of hydroxylamine groups is 2. The Labute approximate surface area is 56.9 Å². The first kappa shape index (κ1) is 7.16. The fraction of sp³-hybridized carbons (Fsp3) is 0.600. The van der Waals surface area contributed by atoms with Crippen molar-refractivity contribution in [2.45, 2.75) is 0 Å². The van der Waals surface area contributed by atoms with Crippen LogP contribution in [-0.4, -0.2) is 24.7 Å². The van der Waals surface area contributed by atoms with Gasteiger partial charge in [0.1, 0.15) is 8.96 Å². The second kappa shape index (κ2) is 3.96. The molecule has 0 spiro atoms. The zero-order valence-corrected chi connectivity index (χ0v) is 6.26. The molecule has 0 aliphatic carbocycles. The molecule has 0 amide bonds. The second-order valence-electron chi connectivity index (χ2n) is 1.79. The Hall–Kier alpha value is 0.0500. The molecule has 1 rings (SSSR count). The fourth-order valence-corrected chi connectivity index (χ4v) is 0.947. The van der Waals surface area contributed by atoms with E-state index in [4.69, 9.17) is 4.62 Å². The Morgan fingerprint density at radius 3 is 3.11 bits per heavy atom. The van der Waals surface area contributed by atoms with Crippen LogP contribution in [0.3, 0.4) is 0 Å². The molecule has 1 aliphatic rings. The number of rotatable bonds is 5. The van der Waals surface area contributed by atoms with Crippen LogP contribution in [0.4, 0.5) is 0 Å². The van der Waals surface area contributed by atoms with E-state index in [1.807, 2.05) is 11.1 Å². The van der Waals surface area contributed by atoms with E-state index in [9.17, 15) is 0 Å². The van der Waals surface area contributed by atoms with Crippen LogP contribution in [0.15, 0.2) is 12.7 Å². The Morgan fingerprint density at radius 1 is 1.78 bits per heavy atom. The number of hydrogen-bond donors (Lipinski definition) is 1. The predicted octanol–water partition coefficient (Wildman–Crippen LogP) is 0.518. The van der Waals surface area contributed by atoms with Gasteiger partial charge in [-0.05, 0) is 0 Å². The first-order valence-corrected chi connectivity index (χ1v) is 3.85.